The molecule has 2 aromatic rings. The fourth-order valence-electron chi connectivity index (χ4n) is 2.55. The van der Waals surface area contributed by atoms with Crippen molar-refractivity contribution in [3.8, 4) is 0 Å². The molecule has 0 aromatic heterocycles. The van der Waals surface area contributed by atoms with Gasteiger partial charge in [-0.25, -0.2) is 0 Å². The van der Waals surface area contributed by atoms with E-state index in [0.717, 1.165) is 15.7 Å². The average Bonchev–Trinajstić information content (AvgIpc) is 2.55. The van der Waals surface area contributed by atoms with E-state index < -0.39 is 0 Å². The highest BCUT2D eigenvalue weighted by Gasteiger charge is 2.19. The molecule has 2 rings (SSSR count). The highest BCUT2D eigenvalue weighted by Crippen LogP contribution is 2.30. The van der Waals surface area contributed by atoms with Crippen LogP contribution in [-0.2, 0) is 5.41 Å². The zero-order chi connectivity index (χ0) is 18.6. The second-order valence-electron chi connectivity index (χ2n) is 6.78. The number of carbonyl (C=O) groups is 1. The van der Waals surface area contributed by atoms with Gasteiger partial charge in [0.1, 0.15) is 0 Å². The van der Waals surface area contributed by atoms with Gasteiger partial charge in [0.05, 0.1) is 0 Å². The van der Waals surface area contributed by atoms with E-state index in [1.807, 2.05) is 60.4 Å². The Morgan fingerprint density at radius 1 is 1.16 bits per heavy atom. The summed E-state index contributed by atoms with van der Waals surface area (Å²) >= 11 is 9.01. The number of nitrogens with one attached hydrogen (secondary N) is 1. The van der Waals surface area contributed by atoms with Crippen LogP contribution in [0.2, 0.25) is 0 Å². The molecule has 0 saturated carbocycles. The molecule has 2 aromatic carbocycles. The fraction of sp³-hybridized carbons (Fsp3) is 0.300. The van der Waals surface area contributed by atoms with Gasteiger partial charge in [0, 0.05) is 22.3 Å². The van der Waals surface area contributed by atoms with Crippen LogP contribution in [0.5, 0.6) is 0 Å². The zero-order valence-corrected chi connectivity index (χ0v) is 17.4. The highest BCUT2D eigenvalue weighted by atomic mass is 79.9. The van der Waals surface area contributed by atoms with Gasteiger partial charge in [0.25, 0.3) is 5.91 Å². The number of rotatable bonds is 3. The smallest absolute Gasteiger partial charge is 0.257 e. The number of hydrogen-bond acceptors (Lipinski definition) is 2. The lowest BCUT2D eigenvalue weighted by Gasteiger charge is -2.24. The van der Waals surface area contributed by atoms with Crippen molar-refractivity contribution in [3.05, 3.63) is 64.1 Å². The number of amides is 1. The second-order valence-corrected chi connectivity index (χ2v) is 8.02. The van der Waals surface area contributed by atoms with E-state index >= 15 is 0 Å². The summed E-state index contributed by atoms with van der Waals surface area (Å²) in [6, 6.07) is 15.5. The number of benzene rings is 2. The van der Waals surface area contributed by atoms with Gasteiger partial charge < -0.3 is 4.90 Å². The molecule has 25 heavy (non-hydrogen) atoms. The largest absolute Gasteiger partial charge is 0.319 e. The summed E-state index contributed by atoms with van der Waals surface area (Å²) in [5.74, 6) is -0.208. The Kier molecular flexibility index (Phi) is 6.36. The molecular formula is C20H23BrN2OS. The van der Waals surface area contributed by atoms with Crippen molar-refractivity contribution in [3.63, 3.8) is 0 Å². The molecule has 0 aliphatic rings. The molecule has 0 aliphatic carbocycles. The first kappa shape index (κ1) is 19.6. The number of carbonyl (C=O) groups excluding carboxylic acids is 1. The first-order valence-electron chi connectivity index (χ1n) is 8.22. The van der Waals surface area contributed by atoms with E-state index in [2.05, 4.69) is 42.0 Å². The van der Waals surface area contributed by atoms with E-state index in [0.29, 0.717) is 17.2 Å². The lowest BCUT2D eigenvalue weighted by atomic mass is 9.86. The van der Waals surface area contributed by atoms with Crippen molar-refractivity contribution in [1.82, 2.24) is 5.32 Å². The lowest BCUT2D eigenvalue weighted by molar-refractivity contribution is 0.0977. The topological polar surface area (TPSA) is 32.3 Å². The minimum Gasteiger partial charge on any atom is -0.319 e. The van der Waals surface area contributed by atoms with Gasteiger partial charge in [-0.2, -0.15) is 0 Å². The summed E-state index contributed by atoms with van der Waals surface area (Å²) in [5, 5.41) is 3.23. The number of nitrogens with zero attached hydrogens (tertiary/aromatic N) is 1. The van der Waals surface area contributed by atoms with Gasteiger partial charge in [0.2, 0.25) is 0 Å². The van der Waals surface area contributed by atoms with Crippen LogP contribution < -0.4 is 10.2 Å². The number of para-hydroxylation sites is 1. The minimum absolute atomic E-state index is 0.00938. The molecule has 0 bridgehead atoms. The molecule has 1 N–H and O–H groups in total. The molecule has 132 valence electrons. The maximum atomic E-state index is 12.6. The third kappa shape index (κ3) is 4.89. The van der Waals surface area contributed by atoms with Crippen molar-refractivity contribution in [2.45, 2.75) is 33.1 Å². The highest BCUT2D eigenvalue weighted by molar-refractivity contribution is 9.10. The molecule has 0 aliphatic heterocycles. The summed E-state index contributed by atoms with van der Waals surface area (Å²) in [4.78, 5) is 14.5. The molecule has 3 nitrogen and oxygen atoms in total. The van der Waals surface area contributed by atoms with E-state index in [1.54, 1.807) is 0 Å². The van der Waals surface area contributed by atoms with Gasteiger partial charge in [-0.15, -0.1) is 0 Å². The number of halogens is 1. The number of hydrogen-bond donors (Lipinski definition) is 1. The van der Waals surface area contributed by atoms with Gasteiger partial charge in [-0.3, -0.25) is 10.1 Å². The SMILES string of the molecule is CCN(C(=S)NC(=O)c1ccc(C(C)(C)C)c(Br)c1)c1ccccc1. The molecule has 0 fully saturated rings. The molecule has 0 unspecified atom stereocenters. The quantitative estimate of drug-likeness (QED) is 0.687. The van der Waals surface area contributed by atoms with Gasteiger partial charge in [0.15, 0.2) is 5.11 Å². The van der Waals surface area contributed by atoms with Gasteiger partial charge in [-0.1, -0.05) is 61.0 Å². The number of thiocarbonyl (C=S) groups is 1. The summed E-state index contributed by atoms with van der Waals surface area (Å²) in [7, 11) is 0. The Balaban J connectivity index is 2.16. The van der Waals surface area contributed by atoms with E-state index in [1.165, 1.54) is 0 Å². The molecule has 0 saturated heterocycles. The Morgan fingerprint density at radius 2 is 1.80 bits per heavy atom. The monoisotopic (exact) mass is 418 g/mol. The molecular weight excluding hydrogens is 396 g/mol. The standard InChI is InChI=1S/C20H23BrN2OS/c1-5-23(15-9-7-6-8-10-15)19(25)22-18(24)14-11-12-16(17(21)13-14)20(2,3)4/h6-13H,5H2,1-4H3,(H,22,24,25). The summed E-state index contributed by atoms with van der Waals surface area (Å²) in [6.07, 6.45) is 0. The van der Waals surface area contributed by atoms with Crippen LogP contribution in [0.15, 0.2) is 53.0 Å². The van der Waals surface area contributed by atoms with Crippen molar-refractivity contribution in [2.24, 2.45) is 0 Å². The van der Waals surface area contributed by atoms with Crippen molar-refractivity contribution in [1.29, 1.82) is 0 Å². The van der Waals surface area contributed by atoms with Gasteiger partial charge >= 0.3 is 0 Å². The predicted octanol–water partition coefficient (Wildman–Crippen LogP) is 5.29. The number of anilines is 1. The van der Waals surface area contributed by atoms with E-state index in [9.17, 15) is 4.79 Å². The molecule has 5 heteroatoms. The lowest BCUT2D eigenvalue weighted by Crippen LogP contribution is -2.42. The van der Waals surface area contributed by atoms with Crippen molar-refractivity contribution in [2.75, 3.05) is 11.4 Å². The van der Waals surface area contributed by atoms with E-state index in [4.69, 9.17) is 12.2 Å². The summed E-state index contributed by atoms with van der Waals surface area (Å²) < 4.78 is 0.925. The summed E-state index contributed by atoms with van der Waals surface area (Å²) in [6.45, 7) is 9.10. The Labute approximate surface area is 163 Å². The van der Waals surface area contributed by atoms with Crippen LogP contribution in [0.1, 0.15) is 43.6 Å². The maximum absolute atomic E-state index is 12.6. The average molecular weight is 419 g/mol. The zero-order valence-electron chi connectivity index (χ0n) is 15.0. The molecule has 0 heterocycles. The van der Waals surface area contributed by atoms with Crippen LogP contribution in [0.4, 0.5) is 5.69 Å². The van der Waals surface area contributed by atoms with E-state index in [-0.39, 0.29) is 11.3 Å². The third-order valence-electron chi connectivity index (χ3n) is 3.89. The first-order chi connectivity index (χ1) is 11.7. The Morgan fingerprint density at radius 3 is 2.32 bits per heavy atom. The first-order valence-corrected chi connectivity index (χ1v) is 9.42. The van der Waals surface area contributed by atoms with Crippen LogP contribution in [0.3, 0.4) is 0 Å². The molecule has 1 amide bonds. The third-order valence-corrected chi connectivity index (χ3v) is 4.87. The predicted molar refractivity (Wildman–Crippen MR) is 112 cm³/mol. The van der Waals surface area contributed by atoms with Crippen LogP contribution in [-0.4, -0.2) is 17.6 Å². The van der Waals surface area contributed by atoms with Crippen molar-refractivity contribution >= 4 is 44.9 Å². The van der Waals surface area contributed by atoms with Crippen LogP contribution >= 0.6 is 28.1 Å². The maximum Gasteiger partial charge on any atom is 0.257 e. The van der Waals surface area contributed by atoms with Crippen LogP contribution in [0, 0.1) is 0 Å². The normalized spacial score (nSPS) is 11.1. The minimum atomic E-state index is -0.208. The van der Waals surface area contributed by atoms with Gasteiger partial charge in [-0.05, 0) is 54.4 Å². The fourth-order valence-corrected chi connectivity index (χ4v) is 3.85. The Bertz CT molecular complexity index is 769. The summed E-state index contributed by atoms with van der Waals surface area (Å²) in [5.41, 5.74) is 2.70. The molecule has 0 radical (unpaired) electrons. The van der Waals surface area contributed by atoms with Crippen LogP contribution in [0.25, 0.3) is 0 Å². The molecule has 0 atom stereocenters. The Hall–Kier alpha value is -1.72. The second kappa shape index (κ2) is 8.11. The van der Waals surface area contributed by atoms with Crippen molar-refractivity contribution < 1.29 is 4.79 Å². The molecule has 0 spiro atoms.